The first-order valence-corrected chi connectivity index (χ1v) is 3.92. The van der Waals surface area contributed by atoms with Gasteiger partial charge in [-0.2, -0.15) is 0 Å². The maximum atomic E-state index is 5.54. The van der Waals surface area contributed by atoms with Crippen molar-refractivity contribution in [1.82, 2.24) is 9.97 Å². The van der Waals surface area contributed by atoms with Crippen molar-refractivity contribution in [2.45, 2.75) is 13.3 Å². The molecule has 0 aliphatic rings. The van der Waals surface area contributed by atoms with Crippen molar-refractivity contribution in [1.29, 1.82) is 0 Å². The molecule has 0 bridgehead atoms. The third kappa shape index (κ3) is 2.72. The van der Waals surface area contributed by atoms with E-state index in [0.717, 1.165) is 18.8 Å². The molecule has 1 aromatic heterocycles. The van der Waals surface area contributed by atoms with Crippen LogP contribution in [0.1, 0.15) is 13.3 Å². The van der Waals surface area contributed by atoms with Crippen LogP contribution in [-0.4, -0.2) is 16.5 Å². The van der Waals surface area contributed by atoms with Gasteiger partial charge in [0, 0.05) is 6.54 Å². The van der Waals surface area contributed by atoms with Crippen molar-refractivity contribution in [3.05, 3.63) is 17.5 Å². The van der Waals surface area contributed by atoms with Gasteiger partial charge in [-0.15, -0.1) is 0 Å². The summed E-state index contributed by atoms with van der Waals surface area (Å²) in [5, 5.41) is 3.51. The second-order valence-electron chi connectivity index (χ2n) is 2.15. The number of anilines is 1. The Morgan fingerprint density at radius 3 is 2.82 bits per heavy atom. The van der Waals surface area contributed by atoms with Gasteiger partial charge in [0.2, 0.25) is 0 Å². The minimum absolute atomic E-state index is 0.423. The minimum Gasteiger partial charge on any atom is -0.369 e. The Morgan fingerprint density at radius 2 is 2.27 bits per heavy atom. The fourth-order valence-corrected chi connectivity index (χ4v) is 0.754. The highest BCUT2D eigenvalue weighted by Crippen LogP contribution is 2.04. The zero-order valence-electron chi connectivity index (χ0n) is 6.34. The first kappa shape index (κ1) is 8.27. The lowest BCUT2D eigenvalue weighted by molar-refractivity contribution is 0.965. The molecule has 0 unspecified atom stereocenters. The second-order valence-corrected chi connectivity index (χ2v) is 2.54. The Morgan fingerprint density at radius 1 is 1.45 bits per heavy atom. The molecule has 0 spiro atoms. The van der Waals surface area contributed by atoms with Gasteiger partial charge in [-0.1, -0.05) is 18.5 Å². The zero-order chi connectivity index (χ0) is 8.10. The molecule has 0 aliphatic carbocycles. The quantitative estimate of drug-likeness (QED) is 0.756. The summed E-state index contributed by atoms with van der Waals surface area (Å²) in [6.07, 6.45) is 4.22. The first-order chi connectivity index (χ1) is 5.33. The Labute approximate surface area is 70.8 Å². The fourth-order valence-electron chi connectivity index (χ4n) is 0.657. The highest BCUT2D eigenvalue weighted by atomic mass is 35.5. The Kier molecular flexibility index (Phi) is 3.11. The minimum atomic E-state index is 0.423. The van der Waals surface area contributed by atoms with Crippen LogP contribution in [0, 0.1) is 0 Å². The molecule has 0 amide bonds. The van der Waals surface area contributed by atoms with E-state index in [1.54, 1.807) is 6.20 Å². The molecule has 0 radical (unpaired) electrons. The normalized spacial score (nSPS) is 9.64. The van der Waals surface area contributed by atoms with Crippen molar-refractivity contribution in [3.63, 3.8) is 0 Å². The van der Waals surface area contributed by atoms with Crippen LogP contribution in [-0.2, 0) is 0 Å². The van der Waals surface area contributed by atoms with E-state index >= 15 is 0 Å². The van der Waals surface area contributed by atoms with E-state index in [-0.39, 0.29) is 0 Å². The van der Waals surface area contributed by atoms with Crippen LogP contribution in [0.5, 0.6) is 0 Å². The lowest BCUT2D eigenvalue weighted by atomic mass is 10.5. The summed E-state index contributed by atoms with van der Waals surface area (Å²) in [7, 11) is 0. The Hall–Kier alpha value is -0.830. The van der Waals surface area contributed by atoms with Crippen LogP contribution in [0.4, 0.5) is 5.82 Å². The Balaban J connectivity index is 2.52. The summed E-state index contributed by atoms with van der Waals surface area (Å²) in [4.78, 5) is 7.88. The predicted octanol–water partition coefficient (Wildman–Crippen LogP) is 1.95. The smallest absolute Gasteiger partial charge is 0.147 e. The molecule has 0 saturated heterocycles. The number of nitrogens with one attached hydrogen (secondary N) is 1. The average Bonchev–Trinajstić information content (AvgIpc) is 2.04. The lowest BCUT2D eigenvalue weighted by Gasteiger charge is -2.00. The standard InChI is InChI=1S/C7H10ClN3/c1-2-3-9-7-5-10-6(8)4-11-7/h4-5H,2-3H2,1H3,(H,9,11). The number of nitrogens with zero attached hydrogens (tertiary/aromatic N) is 2. The van der Waals surface area contributed by atoms with Gasteiger partial charge in [0.05, 0.1) is 12.4 Å². The van der Waals surface area contributed by atoms with Crippen LogP contribution < -0.4 is 5.32 Å². The van der Waals surface area contributed by atoms with Crippen molar-refractivity contribution in [2.24, 2.45) is 0 Å². The third-order valence-corrected chi connectivity index (χ3v) is 1.37. The number of hydrogen-bond acceptors (Lipinski definition) is 3. The predicted molar refractivity (Wildman–Crippen MR) is 45.8 cm³/mol. The highest BCUT2D eigenvalue weighted by Gasteiger charge is 1.91. The monoisotopic (exact) mass is 171 g/mol. The number of rotatable bonds is 3. The molecule has 1 aromatic rings. The SMILES string of the molecule is CCCNc1cnc(Cl)cn1. The molecule has 1 N–H and O–H groups in total. The molecule has 1 rings (SSSR count). The van der Waals surface area contributed by atoms with Gasteiger partial charge in [0.1, 0.15) is 11.0 Å². The van der Waals surface area contributed by atoms with Gasteiger partial charge in [0.25, 0.3) is 0 Å². The van der Waals surface area contributed by atoms with Crippen LogP contribution in [0.25, 0.3) is 0 Å². The summed E-state index contributed by atoms with van der Waals surface area (Å²) in [5.41, 5.74) is 0. The van der Waals surface area contributed by atoms with E-state index in [0.29, 0.717) is 5.15 Å². The largest absolute Gasteiger partial charge is 0.369 e. The summed E-state index contributed by atoms with van der Waals surface area (Å²) >= 11 is 5.54. The molecule has 0 aliphatic heterocycles. The lowest BCUT2D eigenvalue weighted by Crippen LogP contribution is -2.01. The summed E-state index contributed by atoms with van der Waals surface area (Å²) in [6, 6.07) is 0. The number of halogens is 1. The molecular weight excluding hydrogens is 162 g/mol. The summed E-state index contributed by atoms with van der Waals surface area (Å²) in [6.45, 7) is 3.01. The average molecular weight is 172 g/mol. The van der Waals surface area contributed by atoms with Gasteiger partial charge < -0.3 is 5.32 Å². The number of aromatic nitrogens is 2. The van der Waals surface area contributed by atoms with Gasteiger partial charge in [-0.25, -0.2) is 9.97 Å². The van der Waals surface area contributed by atoms with E-state index in [4.69, 9.17) is 11.6 Å². The fraction of sp³-hybridized carbons (Fsp3) is 0.429. The maximum Gasteiger partial charge on any atom is 0.147 e. The molecular formula is C7H10ClN3. The highest BCUT2D eigenvalue weighted by molar-refractivity contribution is 6.29. The van der Waals surface area contributed by atoms with E-state index in [1.165, 1.54) is 6.20 Å². The molecule has 0 fully saturated rings. The molecule has 0 saturated carbocycles. The zero-order valence-corrected chi connectivity index (χ0v) is 7.10. The van der Waals surface area contributed by atoms with E-state index in [9.17, 15) is 0 Å². The molecule has 0 atom stereocenters. The summed E-state index contributed by atoms with van der Waals surface area (Å²) in [5.74, 6) is 0.774. The third-order valence-electron chi connectivity index (χ3n) is 1.18. The molecule has 60 valence electrons. The topological polar surface area (TPSA) is 37.8 Å². The van der Waals surface area contributed by atoms with Crippen molar-refractivity contribution >= 4 is 17.4 Å². The maximum absolute atomic E-state index is 5.54. The van der Waals surface area contributed by atoms with Crippen LogP contribution in [0.15, 0.2) is 12.4 Å². The van der Waals surface area contributed by atoms with Crippen LogP contribution >= 0.6 is 11.6 Å². The molecule has 11 heavy (non-hydrogen) atoms. The molecule has 1 heterocycles. The van der Waals surface area contributed by atoms with Gasteiger partial charge in [0.15, 0.2) is 0 Å². The van der Waals surface area contributed by atoms with Gasteiger partial charge in [-0.3, -0.25) is 0 Å². The molecule has 0 aromatic carbocycles. The number of hydrogen-bond donors (Lipinski definition) is 1. The van der Waals surface area contributed by atoms with Crippen LogP contribution in [0.2, 0.25) is 5.15 Å². The van der Waals surface area contributed by atoms with E-state index < -0.39 is 0 Å². The first-order valence-electron chi connectivity index (χ1n) is 3.54. The van der Waals surface area contributed by atoms with Gasteiger partial charge in [-0.05, 0) is 6.42 Å². The Bertz CT molecular complexity index is 209. The van der Waals surface area contributed by atoms with Crippen LogP contribution in [0.3, 0.4) is 0 Å². The van der Waals surface area contributed by atoms with Crippen molar-refractivity contribution < 1.29 is 0 Å². The van der Waals surface area contributed by atoms with Gasteiger partial charge >= 0.3 is 0 Å². The van der Waals surface area contributed by atoms with E-state index in [2.05, 4.69) is 22.2 Å². The molecule has 4 heteroatoms. The molecule has 3 nitrogen and oxygen atoms in total. The summed E-state index contributed by atoms with van der Waals surface area (Å²) < 4.78 is 0. The second kappa shape index (κ2) is 4.13. The van der Waals surface area contributed by atoms with Crippen molar-refractivity contribution in [3.8, 4) is 0 Å². The van der Waals surface area contributed by atoms with E-state index in [1.807, 2.05) is 0 Å². The van der Waals surface area contributed by atoms with Crippen molar-refractivity contribution in [2.75, 3.05) is 11.9 Å².